The standard InChI is InChI=1S/C19H34O16/c1-30-17-15(29)16(35-19-14(28)12(26)9(23)6(3-21)33-19)10(24)7(34-17)4-31-18-13(27)11(25)8(22)5(2-20)32-18/h5-29H,2-4H2,1H3/t5-,6-,7-,8-,9-,10-,11+,12+,13+,14-,15+,16+,17+,18+,19-/m1/s1. The molecule has 16 nitrogen and oxygen atoms in total. The van der Waals surface area contributed by atoms with Gasteiger partial charge in [-0.15, -0.1) is 0 Å². The summed E-state index contributed by atoms with van der Waals surface area (Å²) in [5, 5.41) is 99.9. The highest BCUT2D eigenvalue weighted by molar-refractivity contribution is 4.95. The van der Waals surface area contributed by atoms with Crippen LogP contribution in [-0.4, -0.2) is 170 Å². The molecule has 0 aromatic heterocycles. The molecule has 3 heterocycles. The first-order valence-electron chi connectivity index (χ1n) is 11.0. The van der Waals surface area contributed by atoms with Crippen molar-refractivity contribution in [3.8, 4) is 0 Å². The van der Waals surface area contributed by atoms with Gasteiger partial charge in [-0.3, -0.25) is 0 Å². The maximum atomic E-state index is 10.8. The molecule has 0 spiro atoms. The Labute approximate surface area is 199 Å². The highest BCUT2D eigenvalue weighted by Gasteiger charge is 2.51. The largest absolute Gasteiger partial charge is 0.394 e. The monoisotopic (exact) mass is 518 g/mol. The van der Waals surface area contributed by atoms with E-state index in [1.54, 1.807) is 0 Å². The van der Waals surface area contributed by atoms with Crippen LogP contribution in [0, 0.1) is 0 Å². The highest BCUT2D eigenvalue weighted by atomic mass is 16.7. The van der Waals surface area contributed by atoms with Crippen molar-refractivity contribution in [2.45, 2.75) is 92.1 Å². The molecule has 0 unspecified atom stereocenters. The lowest BCUT2D eigenvalue weighted by Gasteiger charge is -2.46. The predicted octanol–water partition coefficient (Wildman–Crippen LogP) is -6.92. The SMILES string of the molecule is CO[C@H]1O[C@H](CO[C@H]2O[C@H](CO)[C@@H](O)[C@H](O)[C@@H]2O)[C@@H](O)[C@H](O[C@H]2O[C@H](CO)[C@@H](O)[C@H](O)[C@H]2O)[C@@H]1O. The lowest BCUT2D eigenvalue weighted by Crippen LogP contribution is -2.65. The van der Waals surface area contributed by atoms with Crippen molar-refractivity contribution in [1.82, 2.24) is 0 Å². The van der Waals surface area contributed by atoms with Crippen molar-refractivity contribution in [1.29, 1.82) is 0 Å². The Hall–Kier alpha value is -0.640. The minimum atomic E-state index is -1.81. The van der Waals surface area contributed by atoms with Crippen LogP contribution in [0.5, 0.6) is 0 Å². The summed E-state index contributed by atoms with van der Waals surface area (Å²) in [5.41, 5.74) is 0. The molecule has 0 radical (unpaired) electrons. The van der Waals surface area contributed by atoms with E-state index in [-0.39, 0.29) is 0 Å². The zero-order valence-electron chi connectivity index (χ0n) is 18.7. The Kier molecular flexibility index (Phi) is 10.1. The van der Waals surface area contributed by atoms with Gasteiger partial charge in [0.25, 0.3) is 0 Å². The van der Waals surface area contributed by atoms with E-state index in [0.717, 1.165) is 0 Å². The summed E-state index contributed by atoms with van der Waals surface area (Å²) in [6, 6.07) is 0. The van der Waals surface area contributed by atoms with Crippen LogP contribution < -0.4 is 0 Å². The molecule has 3 saturated heterocycles. The fourth-order valence-corrected chi connectivity index (χ4v) is 4.13. The molecule has 3 aliphatic heterocycles. The van der Waals surface area contributed by atoms with E-state index in [9.17, 15) is 51.1 Å². The number of hydrogen-bond donors (Lipinski definition) is 10. The van der Waals surface area contributed by atoms with E-state index in [1.165, 1.54) is 7.11 Å². The van der Waals surface area contributed by atoms with Gasteiger partial charge in [-0.05, 0) is 0 Å². The fourth-order valence-electron chi connectivity index (χ4n) is 4.13. The molecule has 15 atom stereocenters. The van der Waals surface area contributed by atoms with Gasteiger partial charge in [-0.2, -0.15) is 0 Å². The third kappa shape index (κ3) is 5.93. The van der Waals surface area contributed by atoms with Crippen LogP contribution in [0.25, 0.3) is 0 Å². The van der Waals surface area contributed by atoms with Gasteiger partial charge < -0.3 is 79.5 Å². The number of aliphatic hydroxyl groups excluding tert-OH is 10. The van der Waals surface area contributed by atoms with Gasteiger partial charge in [0.2, 0.25) is 0 Å². The molecule has 0 aliphatic carbocycles. The summed E-state index contributed by atoms with van der Waals surface area (Å²) in [4.78, 5) is 0. The topological polar surface area (TPSA) is 258 Å². The molecular weight excluding hydrogens is 484 g/mol. The average molecular weight is 518 g/mol. The minimum absolute atomic E-state index is 0.523. The molecule has 0 amide bonds. The number of ether oxygens (including phenoxy) is 6. The molecule has 0 aromatic rings. The van der Waals surface area contributed by atoms with Gasteiger partial charge in [0.05, 0.1) is 19.8 Å². The van der Waals surface area contributed by atoms with E-state index < -0.39 is 112 Å². The first-order valence-corrected chi connectivity index (χ1v) is 11.0. The second-order valence-electron chi connectivity index (χ2n) is 8.59. The quantitative estimate of drug-likeness (QED) is 0.143. The van der Waals surface area contributed by atoms with E-state index in [2.05, 4.69) is 0 Å². The summed E-state index contributed by atoms with van der Waals surface area (Å²) in [5.74, 6) is 0. The minimum Gasteiger partial charge on any atom is -0.394 e. The third-order valence-corrected chi connectivity index (χ3v) is 6.29. The molecule has 0 aromatic carbocycles. The molecule has 35 heavy (non-hydrogen) atoms. The molecule has 10 N–H and O–H groups in total. The molecule has 3 fully saturated rings. The van der Waals surface area contributed by atoms with Gasteiger partial charge >= 0.3 is 0 Å². The average Bonchev–Trinajstić information content (AvgIpc) is 2.85. The smallest absolute Gasteiger partial charge is 0.187 e. The second-order valence-corrected chi connectivity index (χ2v) is 8.59. The zero-order valence-corrected chi connectivity index (χ0v) is 18.7. The predicted molar refractivity (Wildman–Crippen MR) is 106 cm³/mol. The van der Waals surface area contributed by atoms with Gasteiger partial charge in [0, 0.05) is 7.11 Å². The molecule has 16 heteroatoms. The van der Waals surface area contributed by atoms with Crippen LogP contribution in [0.1, 0.15) is 0 Å². The van der Waals surface area contributed by atoms with Gasteiger partial charge in [0.15, 0.2) is 18.9 Å². The van der Waals surface area contributed by atoms with Crippen LogP contribution in [0.3, 0.4) is 0 Å². The van der Waals surface area contributed by atoms with Crippen LogP contribution in [0.4, 0.5) is 0 Å². The summed E-state index contributed by atoms with van der Waals surface area (Å²) in [7, 11) is 1.19. The Bertz CT molecular complexity index is 652. The summed E-state index contributed by atoms with van der Waals surface area (Å²) >= 11 is 0. The van der Waals surface area contributed by atoms with Crippen LogP contribution in [-0.2, 0) is 28.4 Å². The number of rotatable bonds is 8. The first-order chi connectivity index (χ1) is 16.5. The number of methoxy groups -OCH3 is 1. The second kappa shape index (κ2) is 12.3. The maximum absolute atomic E-state index is 10.8. The summed E-state index contributed by atoms with van der Waals surface area (Å²) < 4.78 is 31.9. The van der Waals surface area contributed by atoms with E-state index in [1.807, 2.05) is 0 Å². The highest BCUT2D eigenvalue weighted by Crippen LogP contribution is 2.30. The zero-order chi connectivity index (χ0) is 26.0. The normalized spacial score (nSPS) is 51.3. The molecule has 206 valence electrons. The van der Waals surface area contributed by atoms with Crippen LogP contribution >= 0.6 is 0 Å². The molecule has 3 rings (SSSR count). The van der Waals surface area contributed by atoms with Crippen molar-refractivity contribution in [2.24, 2.45) is 0 Å². The van der Waals surface area contributed by atoms with E-state index in [0.29, 0.717) is 0 Å². The molecule has 0 bridgehead atoms. The fraction of sp³-hybridized carbons (Fsp3) is 1.00. The van der Waals surface area contributed by atoms with Gasteiger partial charge in [-0.25, -0.2) is 0 Å². The van der Waals surface area contributed by atoms with E-state index >= 15 is 0 Å². The Morgan fingerprint density at radius 2 is 1.03 bits per heavy atom. The van der Waals surface area contributed by atoms with Crippen molar-refractivity contribution >= 4 is 0 Å². The lowest BCUT2D eigenvalue weighted by atomic mass is 9.97. The lowest BCUT2D eigenvalue weighted by molar-refractivity contribution is -0.364. The Balaban J connectivity index is 1.69. The first kappa shape index (κ1) is 28.9. The van der Waals surface area contributed by atoms with Crippen molar-refractivity contribution in [3.05, 3.63) is 0 Å². The number of hydrogen-bond acceptors (Lipinski definition) is 16. The van der Waals surface area contributed by atoms with Crippen LogP contribution in [0.15, 0.2) is 0 Å². The number of aliphatic hydroxyl groups is 10. The molecule has 0 saturated carbocycles. The Morgan fingerprint density at radius 1 is 0.543 bits per heavy atom. The summed E-state index contributed by atoms with van der Waals surface area (Å²) in [6.07, 6.45) is -23.5. The van der Waals surface area contributed by atoms with Crippen molar-refractivity contribution in [3.63, 3.8) is 0 Å². The summed E-state index contributed by atoms with van der Waals surface area (Å²) in [6.45, 7) is -1.93. The van der Waals surface area contributed by atoms with Crippen LogP contribution in [0.2, 0.25) is 0 Å². The van der Waals surface area contributed by atoms with Crippen molar-refractivity contribution in [2.75, 3.05) is 26.9 Å². The van der Waals surface area contributed by atoms with Gasteiger partial charge in [-0.1, -0.05) is 0 Å². The Morgan fingerprint density at radius 3 is 1.54 bits per heavy atom. The van der Waals surface area contributed by atoms with E-state index in [4.69, 9.17) is 28.4 Å². The van der Waals surface area contributed by atoms with Gasteiger partial charge in [0.1, 0.15) is 73.2 Å². The molecule has 3 aliphatic rings. The van der Waals surface area contributed by atoms with Crippen molar-refractivity contribution < 1.29 is 79.5 Å². The molecular formula is C19H34O16. The maximum Gasteiger partial charge on any atom is 0.187 e. The third-order valence-electron chi connectivity index (χ3n) is 6.29.